The highest BCUT2D eigenvalue weighted by Gasteiger charge is 2.32. The SMILES string of the molecule is COC(=O)C(CC(C)C)N1CCCNC1=O. The second kappa shape index (κ2) is 5.72. The van der Waals surface area contributed by atoms with E-state index in [4.69, 9.17) is 4.74 Å². The highest BCUT2D eigenvalue weighted by molar-refractivity contribution is 5.84. The Bertz CT molecular complexity index is 266. The molecule has 1 rings (SSSR count). The van der Waals surface area contributed by atoms with Crippen molar-refractivity contribution in [2.75, 3.05) is 20.2 Å². The number of hydrogen-bond acceptors (Lipinski definition) is 3. The predicted octanol–water partition coefficient (Wildman–Crippen LogP) is 0.989. The van der Waals surface area contributed by atoms with Gasteiger partial charge in [-0.05, 0) is 18.8 Å². The van der Waals surface area contributed by atoms with E-state index in [9.17, 15) is 9.59 Å². The molecule has 16 heavy (non-hydrogen) atoms. The van der Waals surface area contributed by atoms with Crippen LogP contribution in [0.4, 0.5) is 4.79 Å². The fourth-order valence-corrected chi connectivity index (χ4v) is 1.88. The minimum atomic E-state index is -0.453. The summed E-state index contributed by atoms with van der Waals surface area (Å²) < 4.78 is 4.75. The average Bonchev–Trinajstić information content (AvgIpc) is 2.26. The zero-order valence-corrected chi connectivity index (χ0v) is 10.2. The number of urea groups is 1. The fraction of sp³-hybridized carbons (Fsp3) is 0.818. The lowest BCUT2D eigenvalue weighted by Crippen LogP contribution is -2.54. The van der Waals surface area contributed by atoms with Crippen LogP contribution in [0.1, 0.15) is 26.7 Å². The van der Waals surface area contributed by atoms with Crippen LogP contribution >= 0.6 is 0 Å². The van der Waals surface area contributed by atoms with Gasteiger partial charge < -0.3 is 15.0 Å². The molecule has 1 N–H and O–H groups in total. The van der Waals surface area contributed by atoms with E-state index in [0.29, 0.717) is 25.4 Å². The number of hydrogen-bond donors (Lipinski definition) is 1. The number of nitrogens with one attached hydrogen (secondary N) is 1. The molecule has 1 unspecified atom stereocenters. The summed E-state index contributed by atoms with van der Waals surface area (Å²) in [7, 11) is 1.36. The molecule has 0 saturated carbocycles. The summed E-state index contributed by atoms with van der Waals surface area (Å²) in [5.74, 6) is 0.0181. The molecule has 1 fully saturated rings. The summed E-state index contributed by atoms with van der Waals surface area (Å²) in [6.45, 7) is 5.36. The fourth-order valence-electron chi connectivity index (χ4n) is 1.88. The van der Waals surface area contributed by atoms with Gasteiger partial charge in [0.2, 0.25) is 0 Å². The third-order valence-electron chi connectivity index (χ3n) is 2.66. The Kier molecular flexibility index (Phi) is 4.58. The Labute approximate surface area is 96.1 Å². The Hall–Kier alpha value is -1.26. The van der Waals surface area contributed by atoms with Gasteiger partial charge in [0.15, 0.2) is 0 Å². The molecule has 1 aliphatic rings. The minimum absolute atomic E-state index is 0.165. The van der Waals surface area contributed by atoms with Gasteiger partial charge in [-0.1, -0.05) is 13.8 Å². The van der Waals surface area contributed by atoms with Gasteiger partial charge >= 0.3 is 12.0 Å². The van der Waals surface area contributed by atoms with Gasteiger partial charge in [-0.2, -0.15) is 0 Å². The van der Waals surface area contributed by atoms with Crippen molar-refractivity contribution >= 4 is 12.0 Å². The molecule has 0 aromatic heterocycles. The summed E-state index contributed by atoms with van der Waals surface area (Å²) in [4.78, 5) is 24.9. The largest absolute Gasteiger partial charge is 0.467 e. The van der Waals surface area contributed by atoms with Crippen LogP contribution in [0.25, 0.3) is 0 Å². The van der Waals surface area contributed by atoms with Crippen LogP contribution in [0.15, 0.2) is 0 Å². The van der Waals surface area contributed by atoms with Crippen molar-refractivity contribution in [1.82, 2.24) is 10.2 Å². The van der Waals surface area contributed by atoms with Crippen LogP contribution in [0, 0.1) is 5.92 Å². The smallest absolute Gasteiger partial charge is 0.328 e. The number of carbonyl (C=O) groups excluding carboxylic acids is 2. The summed E-state index contributed by atoms with van der Waals surface area (Å²) in [5, 5.41) is 2.74. The first-order chi connectivity index (χ1) is 7.56. The standard InChI is InChI=1S/C11H20N2O3/c1-8(2)7-9(10(14)16-3)13-6-4-5-12-11(13)15/h8-9H,4-7H2,1-3H3,(H,12,15). The molecule has 92 valence electrons. The number of methoxy groups -OCH3 is 1. The topological polar surface area (TPSA) is 58.6 Å². The van der Waals surface area contributed by atoms with Crippen molar-refractivity contribution in [1.29, 1.82) is 0 Å². The third kappa shape index (κ3) is 3.12. The van der Waals surface area contributed by atoms with E-state index in [1.807, 2.05) is 13.8 Å². The number of nitrogens with zero attached hydrogens (tertiary/aromatic N) is 1. The maximum atomic E-state index is 11.6. The second-order valence-electron chi connectivity index (χ2n) is 4.45. The molecule has 1 atom stereocenters. The quantitative estimate of drug-likeness (QED) is 0.730. The van der Waals surface area contributed by atoms with Gasteiger partial charge in [-0.15, -0.1) is 0 Å². The lowest BCUT2D eigenvalue weighted by atomic mass is 10.0. The van der Waals surface area contributed by atoms with Crippen molar-refractivity contribution in [3.63, 3.8) is 0 Å². The monoisotopic (exact) mass is 228 g/mol. The molecule has 1 saturated heterocycles. The van der Waals surface area contributed by atoms with Gasteiger partial charge in [0, 0.05) is 13.1 Å². The zero-order valence-electron chi connectivity index (χ0n) is 10.2. The van der Waals surface area contributed by atoms with Crippen LogP contribution in [-0.4, -0.2) is 43.1 Å². The average molecular weight is 228 g/mol. The molecule has 0 spiro atoms. The van der Waals surface area contributed by atoms with Gasteiger partial charge in [0.1, 0.15) is 6.04 Å². The molecule has 0 bridgehead atoms. The second-order valence-corrected chi connectivity index (χ2v) is 4.45. The normalized spacial score (nSPS) is 18.2. The minimum Gasteiger partial charge on any atom is -0.467 e. The molecule has 0 aromatic rings. The molecule has 0 aliphatic carbocycles. The molecular formula is C11H20N2O3. The van der Waals surface area contributed by atoms with Crippen molar-refractivity contribution in [3.05, 3.63) is 0 Å². The molecule has 5 heteroatoms. The van der Waals surface area contributed by atoms with Crippen LogP contribution in [0.3, 0.4) is 0 Å². The molecule has 1 aliphatic heterocycles. The summed E-state index contributed by atoms with van der Waals surface area (Å²) in [6, 6.07) is -0.618. The van der Waals surface area contributed by atoms with Gasteiger partial charge in [-0.25, -0.2) is 9.59 Å². The maximum Gasteiger partial charge on any atom is 0.328 e. The van der Waals surface area contributed by atoms with Crippen LogP contribution in [0.5, 0.6) is 0 Å². The summed E-state index contributed by atoms with van der Waals surface area (Å²) in [5.41, 5.74) is 0. The van der Waals surface area contributed by atoms with E-state index >= 15 is 0 Å². The van der Waals surface area contributed by atoms with E-state index in [0.717, 1.165) is 6.42 Å². The lowest BCUT2D eigenvalue weighted by Gasteiger charge is -2.33. The van der Waals surface area contributed by atoms with E-state index < -0.39 is 6.04 Å². The zero-order chi connectivity index (χ0) is 12.1. The van der Waals surface area contributed by atoms with Gasteiger partial charge in [0.05, 0.1) is 7.11 Å². The first kappa shape index (κ1) is 12.8. The maximum absolute atomic E-state index is 11.6. The van der Waals surface area contributed by atoms with Crippen molar-refractivity contribution in [2.24, 2.45) is 5.92 Å². The van der Waals surface area contributed by atoms with Crippen LogP contribution in [-0.2, 0) is 9.53 Å². The predicted molar refractivity (Wildman–Crippen MR) is 60.0 cm³/mol. The van der Waals surface area contributed by atoms with Gasteiger partial charge in [0.25, 0.3) is 0 Å². The van der Waals surface area contributed by atoms with E-state index in [1.54, 1.807) is 4.90 Å². The molecule has 5 nitrogen and oxygen atoms in total. The van der Waals surface area contributed by atoms with Crippen LogP contribution in [0.2, 0.25) is 0 Å². The number of carbonyl (C=O) groups is 2. The number of esters is 1. The highest BCUT2D eigenvalue weighted by Crippen LogP contribution is 2.15. The van der Waals surface area contributed by atoms with E-state index in [1.165, 1.54) is 7.11 Å². The van der Waals surface area contributed by atoms with E-state index in [2.05, 4.69) is 5.32 Å². The molecule has 1 heterocycles. The number of amides is 2. The van der Waals surface area contributed by atoms with Crippen molar-refractivity contribution < 1.29 is 14.3 Å². The van der Waals surface area contributed by atoms with Crippen LogP contribution < -0.4 is 5.32 Å². The Morgan fingerprint density at radius 3 is 2.75 bits per heavy atom. The van der Waals surface area contributed by atoms with Crippen molar-refractivity contribution in [2.45, 2.75) is 32.7 Å². The van der Waals surface area contributed by atoms with Gasteiger partial charge in [-0.3, -0.25) is 0 Å². The number of rotatable bonds is 4. The Morgan fingerprint density at radius 2 is 2.25 bits per heavy atom. The first-order valence-electron chi connectivity index (χ1n) is 5.68. The van der Waals surface area contributed by atoms with E-state index in [-0.39, 0.29) is 12.0 Å². The lowest BCUT2D eigenvalue weighted by molar-refractivity contribution is -0.146. The van der Waals surface area contributed by atoms with Crippen molar-refractivity contribution in [3.8, 4) is 0 Å². The highest BCUT2D eigenvalue weighted by atomic mass is 16.5. The first-order valence-corrected chi connectivity index (χ1v) is 5.68. The third-order valence-corrected chi connectivity index (χ3v) is 2.66. The molecule has 2 amide bonds. The summed E-state index contributed by atoms with van der Waals surface area (Å²) in [6.07, 6.45) is 1.51. The summed E-state index contributed by atoms with van der Waals surface area (Å²) >= 11 is 0. The molecule has 0 aromatic carbocycles. The Morgan fingerprint density at radius 1 is 1.56 bits per heavy atom. The molecular weight excluding hydrogens is 208 g/mol. The number of ether oxygens (including phenoxy) is 1. The molecule has 0 radical (unpaired) electrons. The Balaban J connectivity index is 2.73.